The number of hydrogen-bond acceptors (Lipinski definition) is 4. The molecule has 1 atom stereocenters. The number of carbonyl (C=O) groups excluding carboxylic acids is 1. The van der Waals surface area contributed by atoms with Crippen LogP contribution in [0.15, 0.2) is 53.6 Å². The molecule has 1 aromatic heterocycles. The maximum Gasteiger partial charge on any atom is 0.268 e. The van der Waals surface area contributed by atoms with Crippen LogP contribution < -0.4 is 5.73 Å². The van der Waals surface area contributed by atoms with E-state index >= 15 is 0 Å². The van der Waals surface area contributed by atoms with Crippen LogP contribution >= 0.6 is 0 Å². The fourth-order valence-corrected chi connectivity index (χ4v) is 4.63. The van der Waals surface area contributed by atoms with Gasteiger partial charge in [-0.15, -0.1) is 0 Å². The highest BCUT2D eigenvalue weighted by atomic mass is 32.2. The zero-order valence-electron chi connectivity index (χ0n) is 13.1. The van der Waals surface area contributed by atoms with E-state index in [1.54, 1.807) is 48.7 Å². The van der Waals surface area contributed by atoms with Gasteiger partial charge in [0.2, 0.25) is 0 Å². The molecule has 4 rings (SSSR count). The molecule has 6 heteroatoms. The van der Waals surface area contributed by atoms with Crippen LogP contribution in [0.5, 0.6) is 0 Å². The first-order valence-electron chi connectivity index (χ1n) is 7.64. The van der Waals surface area contributed by atoms with E-state index in [0.29, 0.717) is 22.9 Å². The van der Waals surface area contributed by atoms with Crippen LogP contribution in [0, 0.1) is 6.92 Å². The molecular formula is C18H16N2O3S. The minimum Gasteiger partial charge on any atom is -0.321 e. The first-order valence-corrected chi connectivity index (χ1v) is 9.08. The van der Waals surface area contributed by atoms with Crippen molar-refractivity contribution >= 4 is 26.7 Å². The standard InChI is InChI=1S/C18H16N2O3S/c1-11-5-7-13(8-6-11)24(22,23)20-10-12-9-15(19)18(21)14-3-2-4-16(20)17(12)14/h2-8,10,15H,9,19H2,1H3. The van der Waals surface area contributed by atoms with Crippen molar-refractivity contribution in [2.45, 2.75) is 24.3 Å². The lowest BCUT2D eigenvalue weighted by atomic mass is 9.89. The lowest BCUT2D eigenvalue weighted by molar-refractivity contribution is 0.0959. The monoisotopic (exact) mass is 340 g/mol. The maximum atomic E-state index is 13.0. The average molecular weight is 340 g/mol. The fourth-order valence-electron chi connectivity index (χ4n) is 3.25. The first kappa shape index (κ1) is 15.1. The summed E-state index contributed by atoms with van der Waals surface area (Å²) in [6.45, 7) is 1.90. The topological polar surface area (TPSA) is 82.2 Å². The molecule has 122 valence electrons. The number of ketones is 1. The van der Waals surface area contributed by atoms with Crippen LogP contribution in [-0.2, 0) is 16.4 Å². The molecule has 5 nitrogen and oxygen atoms in total. The number of Topliss-reactive ketones (excluding diaryl/α,β-unsaturated/α-hetero) is 1. The molecule has 0 saturated carbocycles. The molecular weight excluding hydrogens is 324 g/mol. The summed E-state index contributed by atoms with van der Waals surface area (Å²) < 4.78 is 27.3. The molecule has 24 heavy (non-hydrogen) atoms. The number of nitrogens with zero attached hydrogens (tertiary/aromatic N) is 1. The summed E-state index contributed by atoms with van der Waals surface area (Å²) in [5.41, 5.74) is 8.71. The van der Waals surface area contributed by atoms with Crippen molar-refractivity contribution in [2.75, 3.05) is 0 Å². The van der Waals surface area contributed by atoms with Crippen molar-refractivity contribution in [1.82, 2.24) is 3.97 Å². The molecule has 0 saturated heterocycles. The van der Waals surface area contributed by atoms with Crippen LogP contribution in [-0.4, -0.2) is 24.2 Å². The van der Waals surface area contributed by atoms with E-state index in [-0.39, 0.29) is 10.7 Å². The van der Waals surface area contributed by atoms with Crippen molar-refractivity contribution < 1.29 is 13.2 Å². The van der Waals surface area contributed by atoms with Gasteiger partial charge in [0, 0.05) is 17.1 Å². The highest BCUT2D eigenvalue weighted by Crippen LogP contribution is 2.33. The van der Waals surface area contributed by atoms with Crippen LogP contribution in [0.3, 0.4) is 0 Å². The third-order valence-electron chi connectivity index (χ3n) is 4.49. The molecule has 1 heterocycles. The van der Waals surface area contributed by atoms with E-state index in [2.05, 4.69) is 0 Å². The summed E-state index contributed by atoms with van der Waals surface area (Å²) in [5.74, 6) is -0.140. The molecule has 0 spiro atoms. The zero-order valence-corrected chi connectivity index (χ0v) is 13.9. The number of carbonyl (C=O) groups is 1. The van der Waals surface area contributed by atoms with E-state index in [9.17, 15) is 13.2 Å². The molecule has 1 unspecified atom stereocenters. The number of nitrogens with two attached hydrogens (primary N) is 1. The van der Waals surface area contributed by atoms with Gasteiger partial charge in [-0.1, -0.05) is 29.8 Å². The number of aryl methyl sites for hydroxylation is 1. The minimum atomic E-state index is -3.73. The van der Waals surface area contributed by atoms with Gasteiger partial charge in [0.1, 0.15) is 0 Å². The Hall–Kier alpha value is -2.44. The third kappa shape index (κ3) is 2.03. The van der Waals surface area contributed by atoms with Crippen molar-refractivity contribution in [3.63, 3.8) is 0 Å². The SMILES string of the molecule is Cc1ccc(S(=O)(=O)n2cc3c4c(cccc42)C(=O)C(N)C3)cc1. The normalized spacial score (nSPS) is 17.4. The Bertz CT molecular complexity index is 1080. The number of rotatable bonds is 2. The molecule has 0 fully saturated rings. The van der Waals surface area contributed by atoms with Gasteiger partial charge in [-0.2, -0.15) is 0 Å². The molecule has 1 aliphatic carbocycles. The summed E-state index contributed by atoms with van der Waals surface area (Å²) in [5, 5.41) is 0.694. The van der Waals surface area contributed by atoms with Crippen LogP contribution in [0.4, 0.5) is 0 Å². The Morgan fingerprint density at radius 2 is 1.83 bits per heavy atom. The molecule has 1 aliphatic rings. The summed E-state index contributed by atoms with van der Waals surface area (Å²) in [4.78, 5) is 12.5. The van der Waals surface area contributed by atoms with Crippen molar-refractivity contribution in [1.29, 1.82) is 0 Å². The Labute approximate surface area is 139 Å². The van der Waals surface area contributed by atoms with Gasteiger partial charge < -0.3 is 5.73 Å². The highest BCUT2D eigenvalue weighted by Gasteiger charge is 2.30. The zero-order chi connectivity index (χ0) is 17.1. The number of benzene rings is 2. The van der Waals surface area contributed by atoms with E-state index in [1.807, 2.05) is 6.92 Å². The molecule has 2 aromatic carbocycles. The Morgan fingerprint density at radius 1 is 1.12 bits per heavy atom. The summed E-state index contributed by atoms with van der Waals surface area (Å²) in [7, 11) is -3.73. The summed E-state index contributed by atoms with van der Waals surface area (Å²) in [6.07, 6.45) is 1.94. The van der Waals surface area contributed by atoms with Gasteiger partial charge in [-0.3, -0.25) is 4.79 Å². The van der Waals surface area contributed by atoms with Gasteiger partial charge in [0.25, 0.3) is 10.0 Å². The van der Waals surface area contributed by atoms with Crippen LogP contribution in [0.25, 0.3) is 10.9 Å². The Balaban J connectivity index is 2.00. The molecule has 0 aliphatic heterocycles. The second-order valence-electron chi connectivity index (χ2n) is 6.14. The largest absolute Gasteiger partial charge is 0.321 e. The lowest BCUT2D eigenvalue weighted by Gasteiger charge is -2.17. The smallest absolute Gasteiger partial charge is 0.268 e. The van der Waals surface area contributed by atoms with Gasteiger partial charge in [-0.05, 0) is 37.1 Å². The van der Waals surface area contributed by atoms with Crippen LogP contribution in [0.1, 0.15) is 21.5 Å². The third-order valence-corrected chi connectivity index (χ3v) is 6.18. The number of hydrogen-bond donors (Lipinski definition) is 1. The van der Waals surface area contributed by atoms with E-state index in [1.165, 1.54) is 3.97 Å². The predicted octanol–water partition coefficient (Wildman–Crippen LogP) is 2.25. The average Bonchev–Trinajstić information content (AvgIpc) is 2.93. The maximum absolute atomic E-state index is 13.0. The molecule has 0 amide bonds. The van der Waals surface area contributed by atoms with Gasteiger partial charge in [0.15, 0.2) is 5.78 Å². The lowest BCUT2D eigenvalue weighted by Crippen LogP contribution is -2.35. The Kier molecular flexibility index (Phi) is 3.16. The molecule has 0 bridgehead atoms. The van der Waals surface area contributed by atoms with Crippen molar-refractivity contribution in [3.05, 3.63) is 65.4 Å². The van der Waals surface area contributed by atoms with Crippen molar-refractivity contribution in [3.8, 4) is 0 Å². The van der Waals surface area contributed by atoms with Gasteiger partial charge in [-0.25, -0.2) is 12.4 Å². The second-order valence-corrected chi connectivity index (χ2v) is 7.96. The van der Waals surface area contributed by atoms with E-state index in [0.717, 1.165) is 11.1 Å². The highest BCUT2D eigenvalue weighted by molar-refractivity contribution is 7.90. The van der Waals surface area contributed by atoms with E-state index < -0.39 is 16.1 Å². The number of aromatic nitrogens is 1. The Morgan fingerprint density at radius 3 is 2.54 bits per heavy atom. The van der Waals surface area contributed by atoms with E-state index in [4.69, 9.17) is 5.73 Å². The van der Waals surface area contributed by atoms with Crippen molar-refractivity contribution in [2.24, 2.45) is 5.73 Å². The quantitative estimate of drug-likeness (QED) is 0.776. The summed E-state index contributed by atoms with van der Waals surface area (Å²) >= 11 is 0. The van der Waals surface area contributed by atoms with Gasteiger partial charge >= 0.3 is 0 Å². The first-order chi connectivity index (χ1) is 11.4. The molecule has 3 aromatic rings. The molecule has 2 N–H and O–H groups in total. The van der Waals surface area contributed by atoms with Gasteiger partial charge in [0.05, 0.1) is 16.5 Å². The fraction of sp³-hybridized carbons (Fsp3) is 0.167. The van der Waals surface area contributed by atoms with Crippen LogP contribution in [0.2, 0.25) is 0 Å². The second kappa shape index (κ2) is 5.03. The summed E-state index contributed by atoms with van der Waals surface area (Å²) in [6, 6.07) is 11.2. The predicted molar refractivity (Wildman–Crippen MR) is 91.7 cm³/mol. The molecule has 0 radical (unpaired) electrons. The minimum absolute atomic E-state index is 0.140.